The fraction of sp³-hybridized carbons (Fsp3) is 0.276. The number of hydrogen-bond acceptors (Lipinski definition) is 4. The Morgan fingerprint density at radius 1 is 0.848 bits per heavy atom. The zero-order valence-corrected chi connectivity index (χ0v) is 25.8. The van der Waals surface area contributed by atoms with Gasteiger partial charge in [-0.3, -0.25) is 14.4 Å². The van der Waals surface area contributed by atoms with Crippen molar-refractivity contribution in [2.24, 2.45) is 5.92 Å². The number of Topliss-reactive ketones (excluding diaryl/α,β-unsaturated/α-hetero) is 1. The number of ketones is 1. The van der Waals surface area contributed by atoms with Gasteiger partial charge in [-0.05, 0) is 53.6 Å². The maximum atomic E-state index is 14.7. The van der Waals surface area contributed by atoms with Crippen LogP contribution in [-0.4, -0.2) is 39.6 Å². The van der Waals surface area contributed by atoms with Crippen molar-refractivity contribution in [1.82, 2.24) is 0 Å². The number of rotatable bonds is 10. The van der Waals surface area contributed by atoms with E-state index in [0.29, 0.717) is 23.9 Å². The molecule has 3 aromatic rings. The number of alkyl halides is 8. The van der Waals surface area contributed by atoms with Crippen LogP contribution in [0.1, 0.15) is 33.0 Å². The zero-order valence-electron chi connectivity index (χ0n) is 22.8. The van der Waals surface area contributed by atoms with E-state index < -0.39 is 81.2 Å². The molecule has 1 aliphatic carbocycles. The van der Waals surface area contributed by atoms with E-state index in [-0.39, 0.29) is 33.1 Å². The Morgan fingerprint density at radius 3 is 2.13 bits per heavy atom. The Hall–Kier alpha value is -3.07. The summed E-state index contributed by atoms with van der Waals surface area (Å²) < 4.78 is 103. The third kappa shape index (κ3) is 8.64. The van der Waals surface area contributed by atoms with Gasteiger partial charge in [-0.1, -0.05) is 23.7 Å². The molecule has 246 valence electrons. The van der Waals surface area contributed by atoms with Gasteiger partial charge < -0.3 is 10.6 Å². The predicted octanol–water partition coefficient (Wildman–Crippen LogP) is 8.82. The van der Waals surface area contributed by atoms with Crippen molar-refractivity contribution in [3.63, 3.8) is 0 Å². The largest absolute Gasteiger partial charge is 0.419 e. The minimum atomic E-state index is -5.00. The number of carbonyl (C=O) groups excluding carboxylic acids is 3. The topological polar surface area (TPSA) is 75.3 Å². The predicted molar refractivity (Wildman–Crippen MR) is 159 cm³/mol. The quantitative estimate of drug-likeness (QED) is 0.124. The summed E-state index contributed by atoms with van der Waals surface area (Å²) in [5, 5.41) is 4.68. The second-order valence-corrected chi connectivity index (χ2v) is 13.0. The van der Waals surface area contributed by atoms with Crippen molar-refractivity contribution in [2.45, 2.75) is 29.0 Å². The molecule has 2 amide bonds. The molecule has 1 aliphatic rings. The molecule has 0 bridgehead atoms. The number of hydrogen-bond donors (Lipinski definition) is 2. The molecule has 4 rings (SSSR count). The fourth-order valence-electron chi connectivity index (χ4n) is 4.55. The van der Waals surface area contributed by atoms with Crippen LogP contribution in [0.4, 0.5) is 46.5 Å². The van der Waals surface area contributed by atoms with E-state index >= 15 is 0 Å². The standard InChI is InChI=1S/C29H19Cl3F8N2O3S/c30-19-5-4-15(42-26(45)25-24(28(25,31)32)14-2-6-20(33)18(7-14)29(38,39)40)9-17(19)22(43)8-13-1-3-16(10-21(13)34)41-23(44)11-46-12-27(35,36)37/h1-7,9-10,24-25H,8,11-12H2,(H,41,44)(H,42,45)/t24-,25+/m0/s1. The van der Waals surface area contributed by atoms with Gasteiger partial charge in [-0.15, -0.1) is 35.0 Å². The van der Waals surface area contributed by atoms with Crippen LogP contribution < -0.4 is 10.6 Å². The van der Waals surface area contributed by atoms with Gasteiger partial charge in [-0.25, -0.2) is 8.78 Å². The highest BCUT2D eigenvalue weighted by Gasteiger charge is 2.67. The monoisotopic (exact) mass is 732 g/mol. The molecule has 1 fully saturated rings. The number of anilines is 2. The average Bonchev–Trinajstić information content (AvgIpc) is 3.51. The number of thioether (sulfide) groups is 1. The van der Waals surface area contributed by atoms with E-state index in [1.165, 1.54) is 30.3 Å². The van der Waals surface area contributed by atoms with Gasteiger partial charge in [0.25, 0.3) is 0 Å². The fourth-order valence-corrected chi connectivity index (χ4v) is 6.19. The van der Waals surface area contributed by atoms with E-state index in [1.807, 2.05) is 0 Å². The van der Waals surface area contributed by atoms with Crippen LogP contribution in [-0.2, 0) is 22.2 Å². The molecule has 2 N–H and O–H groups in total. The lowest BCUT2D eigenvalue weighted by atomic mass is 10.0. The normalized spacial score (nSPS) is 17.4. The smallest absolute Gasteiger partial charge is 0.326 e. The molecule has 0 unspecified atom stereocenters. The van der Waals surface area contributed by atoms with Crippen molar-refractivity contribution < 1.29 is 49.5 Å². The third-order valence-electron chi connectivity index (χ3n) is 6.71. The minimum absolute atomic E-state index is 0.0320. The van der Waals surface area contributed by atoms with Crippen LogP contribution in [0.25, 0.3) is 0 Å². The summed E-state index contributed by atoms with van der Waals surface area (Å²) in [4.78, 5) is 37.9. The Morgan fingerprint density at radius 2 is 1.50 bits per heavy atom. The van der Waals surface area contributed by atoms with Crippen molar-refractivity contribution in [1.29, 1.82) is 0 Å². The van der Waals surface area contributed by atoms with Crippen molar-refractivity contribution in [3.8, 4) is 0 Å². The molecule has 5 nitrogen and oxygen atoms in total. The van der Waals surface area contributed by atoms with Gasteiger partial charge in [-0.2, -0.15) is 26.3 Å². The lowest BCUT2D eigenvalue weighted by Crippen LogP contribution is -2.18. The number of carbonyl (C=O) groups is 3. The molecule has 17 heteroatoms. The van der Waals surface area contributed by atoms with Gasteiger partial charge in [0.2, 0.25) is 11.8 Å². The molecular weight excluding hydrogens is 715 g/mol. The lowest BCUT2D eigenvalue weighted by Gasteiger charge is -2.11. The molecule has 0 aromatic heterocycles. The molecule has 0 saturated heterocycles. The van der Waals surface area contributed by atoms with Crippen molar-refractivity contribution >= 4 is 75.5 Å². The first kappa shape index (κ1) is 35.8. The SMILES string of the molecule is O=C(CSCC(F)(F)F)Nc1ccc(CC(=O)c2cc(NC(=O)[C@H]3[C@H](c4ccc(F)c(C(F)(F)F)c4)C3(Cl)Cl)ccc2Cl)c(F)c1. The summed E-state index contributed by atoms with van der Waals surface area (Å²) in [6, 6.07) is 9.29. The van der Waals surface area contributed by atoms with Crippen LogP contribution in [0.5, 0.6) is 0 Å². The van der Waals surface area contributed by atoms with Crippen molar-refractivity contribution in [2.75, 3.05) is 22.1 Å². The summed E-state index contributed by atoms with van der Waals surface area (Å²) in [7, 11) is 0. The number of nitrogens with one attached hydrogen (secondary N) is 2. The molecule has 0 aliphatic heterocycles. The summed E-state index contributed by atoms with van der Waals surface area (Å²) in [6.45, 7) is 0. The first-order valence-corrected chi connectivity index (χ1v) is 15.2. The first-order chi connectivity index (χ1) is 21.3. The highest BCUT2D eigenvalue weighted by atomic mass is 35.5. The molecule has 2 atom stereocenters. The van der Waals surface area contributed by atoms with Crippen LogP contribution in [0.15, 0.2) is 54.6 Å². The van der Waals surface area contributed by atoms with E-state index in [4.69, 9.17) is 34.8 Å². The molecule has 0 spiro atoms. The second-order valence-electron chi connectivity index (χ2n) is 10.1. The van der Waals surface area contributed by atoms with Crippen LogP contribution in [0.2, 0.25) is 5.02 Å². The molecule has 3 aromatic carbocycles. The van der Waals surface area contributed by atoms with Crippen LogP contribution in [0, 0.1) is 17.6 Å². The Bertz CT molecular complexity index is 1680. The number of halogens is 11. The molecule has 0 radical (unpaired) electrons. The zero-order chi connectivity index (χ0) is 34.2. The van der Waals surface area contributed by atoms with Gasteiger partial charge in [0.15, 0.2) is 5.78 Å². The van der Waals surface area contributed by atoms with Crippen LogP contribution in [0.3, 0.4) is 0 Å². The van der Waals surface area contributed by atoms with Gasteiger partial charge in [0.05, 0.1) is 28.0 Å². The van der Waals surface area contributed by atoms with Crippen molar-refractivity contribution in [3.05, 3.63) is 93.5 Å². The van der Waals surface area contributed by atoms with Gasteiger partial charge in [0.1, 0.15) is 16.0 Å². The van der Waals surface area contributed by atoms with E-state index in [2.05, 4.69) is 10.6 Å². The highest BCUT2D eigenvalue weighted by Crippen LogP contribution is 2.65. The van der Waals surface area contributed by atoms with E-state index in [9.17, 15) is 49.5 Å². The average molecular weight is 734 g/mol. The summed E-state index contributed by atoms with van der Waals surface area (Å²) in [5.41, 5.74) is -1.90. The maximum Gasteiger partial charge on any atom is 0.419 e. The minimum Gasteiger partial charge on any atom is -0.326 e. The second kappa shape index (κ2) is 13.6. The van der Waals surface area contributed by atoms with E-state index in [0.717, 1.165) is 12.1 Å². The molecule has 0 heterocycles. The van der Waals surface area contributed by atoms with E-state index in [1.54, 1.807) is 0 Å². The molecule has 1 saturated carbocycles. The summed E-state index contributed by atoms with van der Waals surface area (Å²) in [6.07, 6.45) is -9.96. The Labute approximate surface area is 274 Å². The molecule has 46 heavy (non-hydrogen) atoms. The van der Waals surface area contributed by atoms with Crippen LogP contribution >= 0.6 is 46.6 Å². The van der Waals surface area contributed by atoms with Gasteiger partial charge in [0, 0.05) is 29.3 Å². The first-order valence-electron chi connectivity index (χ1n) is 12.9. The summed E-state index contributed by atoms with van der Waals surface area (Å²) in [5.74, 6) is -8.79. The number of amides is 2. The van der Waals surface area contributed by atoms with Gasteiger partial charge >= 0.3 is 12.4 Å². The lowest BCUT2D eigenvalue weighted by molar-refractivity contribution is -0.140. The molecular formula is C29H19Cl3F8N2O3S. The third-order valence-corrected chi connectivity index (χ3v) is 8.98. The highest BCUT2D eigenvalue weighted by molar-refractivity contribution is 8.00. The summed E-state index contributed by atoms with van der Waals surface area (Å²) >= 11 is 18.9. The Kier molecular flexibility index (Phi) is 10.6. The maximum absolute atomic E-state index is 14.7. The number of benzene rings is 3. The Balaban J connectivity index is 1.42.